The monoisotopic (exact) mass is 271 g/mol. The zero-order valence-electron chi connectivity index (χ0n) is 10.7. The molecule has 0 fully saturated rings. The summed E-state index contributed by atoms with van der Waals surface area (Å²) in [6, 6.07) is 4.69. The zero-order chi connectivity index (χ0) is 13.7. The molecule has 1 rings (SSSR count). The highest BCUT2D eigenvalue weighted by atomic mass is 35.5. The van der Waals surface area contributed by atoms with E-state index >= 15 is 0 Å². The SMILES string of the molecule is COc1ccc(Cl)cc1CNC(C(=O)O)C(C)C. The first-order chi connectivity index (χ1) is 8.45. The third-order valence-electron chi connectivity index (χ3n) is 2.69. The maximum atomic E-state index is 11.1. The van der Waals surface area contributed by atoms with Crippen LogP contribution in [0.5, 0.6) is 5.75 Å². The Morgan fingerprint density at radius 1 is 1.50 bits per heavy atom. The largest absolute Gasteiger partial charge is 0.496 e. The highest BCUT2D eigenvalue weighted by Crippen LogP contribution is 2.22. The number of benzene rings is 1. The van der Waals surface area contributed by atoms with Crippen LogP contribution in [-0.2, 0) is 11.3 Å². The standard InChI is InChI=1S/C13H18ClNO3/c1-8(2)12(13(16)17)15-7-9-6-10(14)4-5-11(9)18-3/h4-6,8,12,15H,7H2,1-3H3,(H,16,17). The Morgan fingerprint density at radius 3 is 2.67 bits per heavy atom. The van der Waals surface area contributed by atoms with Crippen LogP contribution in [0.15, 0.2) is 18.2 Å². The molecule has 1 aromatic rings. The molecule has 0 saturated heterocycles. The molecule has 18 heavy (non-hydrogen) atoms. The lowest BCUT2D eigenvalue weighted by atomic mass is 10.0. The van der Waals surface area contributed by atoms with Crippen molar-refractivity contribution in [2.45, 2.75) is 26.4 Å². The van der Waals surface area contributed by atoms with Gasteiger partial charge in [-0.25, -0.2) is 0 Å². The predicted octanol–water partition coefficient (Wildman–Crippen LogP) is 2.55. The molecule has 0 spiro atoms. The van der Waals surface area contributed by atoms with Crippen LogP contribution in [0.25, 0.3) is 0 Å². The molecular formula is C13H18ClNO3. The molecule has 0 saturated carbocycles. The minimum Gasteiger partial charge on any atom is -0.496 e. The van der Waals surface area contributed by atoms with Gasteiger partial charge in [0.1, 0.15) is 11.8 Å². The van der Waals surface area contributed by atoms with Crippen molar-refractivity contribution in [3.05, 3.63) is 28.8 Å². The van der Waals surface area contributed by atoms with Gasteiger partial charge in [-0.2, -0.15) is 0 Å². The van der Waals surface area contributed by atoms with Gasteiger partial charge in [0, 0.05) is 17.1 Å². The average Bonchev–Trinajstić information content (AvgIpc) is 2.28. The fourth-order valence-electron chi connectivity index (χ4n) is 1.71. The summed E-state index contributed by atoms with van der Waals surface area (Å²) in [7, 11) is 1.57. The Labute approximate surface area is 112 Å². The Kier molecular flexibility index (Phi) is 5.44. The van der Waals surface area contributed by atoms with Gasteiger partial charge in [0.25, 0.3) is 0 Å². The Balaban J connectivity index is 2.78. The second-order valence-electron chi connectivity index (χ2n) is 4.40. The number of halogens is 1. The third kappa shape index (κ3) is 3.89. The second-order valence-corrected chi connectivity index (χ2v) is 4.83. The predicted molar refractivity (Wildman–Crippen MR) is 71.1 cm³/mol. The number of carboxylic acid groups (broad SMARTS) is 1. The number of methoxy groups -OCH3 is 1. The van der Waals surface area contributed by atoms with Crippen molar-refractivity contribution in [3.63, 3.8) is 0 Å². The van der Waals surface area contributed by atoms with Crippen molar-refractivity contribution < 1.29 is 14.6 Å². The number of aliphatic carboxylic acids is 1. The van der Waals surface area contributed by atoms with Gasteiger partial charge >= 0.3 is 5.97 Å². The number of nitrogens with one attached hydrogen (secondary N) is 1. The van der Waals surface area contributed by atoms with Crippen LogP contribution in [0, 0.1) is 5.92 Å². The van der Waals surface area contributed by atoms with Gasteiger partial charge < -0.3 is 9.84 Å². The lowest BCUT2D eigenvalue weighted by Crippen LogP contribution is -2.40. The average molecular weight is 272 g/mol. The van der Waals surface area contributed by atoms with Crippen LogP contribution in [0.1, 0.15) is 19.4 Å². The molecule has 1 atom stereocenters. The van der Waals surface area contributed by atoms with E-state index in [1.54, 1.807) is 25.3 Å². The lowest BCUT2D eigenvalue weighted by molar-refractivity contribution is -0.140. The third-order valence-corrected chi connectivity index (χ3v) is 2.92. The van der Waals surface area contributed by atoms with Crippen molar-refractivity contribution >= 4 is 17.6 Å². The molecule has 0 bridgehead atoms. The molecule has 100 valence electrons. The maximum absolute atomic E-state index is 11.1. The van der Waals surface area contributed by atoms with Crippen LogP contribution in [0.2, 0.25) is 5.02 Å². The van der Waals surface area contributed by atoms with E-state index in [9.17, 15) is 4.79 Å². The van der Waals surface area contributed by atoms with E-state index < -0.39 is 12.0 Å². The molecule has 0 aliphatic rings. The summed E-state index contributed by atoms with van der Waals surface area (Å²) in [5.74, 6) is -0.154. The van der Waals surface area contributed by atoms with Crippen LogP contribution >= 0.6 is 11.6 Å². The van der Waals surface area contributed by atoms with Crippen LogP contribution in [-0.4, -0.2) is 24.2 Å². The topological polar surface area (TPSA) is 58.6 Å². The summed E-state index contributed by atoms with van der Waals surface area (Å²) in [6.07, 6.45) is 0. The molecule has 0 aliphatic heterocycles. The van der Waals surface area contributed by atoms with Gasteiger partial charge in [0.2, 0.25) is 0 Å². The van der Waals surface area contributed by atoms with Gasteiger partial charge in [0.05, 0.1) is 7.11 Å². The fourth-order valence-corrected chi connectivity index (χ4v) is 1.91. The number of hydrogen-bond donors (Lipinski definition) is 2. The summed E-state index contributed by atoms with van der Waals surface area (Å²) in [5.41, 5.74) is 0.844. The summed E-state index contributed by atoms with van der Waals surface area (Å²) in [6.45, 7) is 4.13. The number of carboxylic acids is 1. The van der Waals surface area contributed by atoms with Gasteiger partial charge in [0.15, 0.2) is 0 Å². The molecule has 0 aliphatic carbocycles. The molecule has 0 aromatic heterocycles. The van der Waals surface area contributed by atoms with Crippen molar-refractivity contribution in [3.8, 4) is 5.75 Å². The lowest BCUT2D eigenvalue weighted by Gasteiger charge is -2.19. The van der Waals surface area contributed by atoms with E-state index in [0.717, 1.165) is 5.56 Å². The van der Waals surface area contributed by atoms with Gasteiger partial charge in [-0.3, -0.25) is 10.1 Å². The molecular weight excluding hydrogens is 254 g/mol. The zero-order valence-corrected chi connectivity index (χ0v) is 11.5. The molecule has 0 radical (unpaired) electrons. The van der Waals surface area contributed by atoms with Crippen LogP contribution in [0.4, 0.5) is 0 Å². The molecule has 1 aromatic carbocycles. The fraction of sp³-hybridized carbons (Fsp3) is 0.462. The smallest absolute Gasteiger partial charge is 0.320 e. The molecule has 5 heteroatoms. The minimum atomic E-state index is -0.856. The number of hydrogen-bond acceptors (Lipinski definition) is 3. The van der Waals surface area contributed by atoms with Crippen molar-refractivity contribution in [1.29, 1.82) is 0 Å². The first-order valence-corrected chi connectivity index (χ1v) is 6.12. The van der Waals surface area contributed by atoms with Crippen molar-refractivity contribution in [2.75, 3.05) is 7.11 Å². The van der Waals surface area contributed by atoms with E-state index in [1.165, 1.54) is 0 Å². The molecule has 0 heterocycles. The van der Waals surface area contributed by atoms with Crippen LogP contribution in [0.3, 0.4) is 0 Å². The first-order valence-electron chi connectivity index (χ1n) is 5.74. The summed E-state index contributed by atoms with van der Waals surface area (Å²) < 4.78 is 5.21. The van der Waals surface area contributed by atoms with E-state index in [0.29, 0.717) is 17.3 Å². The Morgan fingerprint density at radius 2 is 2.17 bits per heavy atom. The maximum Gasteiger partial charge on any atom is 0.320 e. The Hall–Kier alpha value is -1.26. The first kappa shape index (κ1) is 14.8. The second kappa shape index (κ2) is 6.61. The highest BCUT2D eigenvalue weighted by molar-refractivity contribution is 6.30. The molecule has 0 amide bonds. The highest BCUT2D eigenvalue weighted by Gasteiger charge is 2.20. The van der Waals surface area contributed by atoms with Gasteiger partial charge in [-0.05, 0) is 24.1 Å². The van der Waals surface area contributed by atoms with E-state index in [1.807, 2.05) is 13.8 Å². The number of rotatable bonds is 6. The minimum absolute atomic E-state index is 0.00711. The summed E-state index contributed by atoms with van der Waals surface area (Å²) in [4.78, 5) is 11.1. The Bertz CT molecular complexity index is 421. The molecule has 2 N–H and O–H groups in total. The van der Waals surface area contributed by atoms with E-state index in [2.05, 4.69) is 5.32 Å². The van der Waals surface area contributed by atoms with Crippen molar-refractivity contribution in [1.82, 2.24) is 5.32 Å². The van der Waals surface area contributed by atoms with Crippen molar-refractivity contribution in [2.24, 2.45) is 5.92 Å². The number of carbonyl (C=O) groups is 1. The molecule has 1 unspecified atom stereocenters. The summed E-state index contributed by atoms with van der Waals surface area (Å²) >= 11 is 5.91. The van der Waals surface area contributed by atoms with Gasteiger partial charge in [-0.1, -0.05) is 25.4 Å². The summed E-state index contributed by atoms with van der Waals surface area (Å²) in [5, 5.41) is 12.7. The van der Waals surface area contributed by atoms with E-state index in [-0.39, 0.29) is 5.92 Å². The normalized spacial score (nSPS) is 12.5. The van der Waals surface area contributed by atoms with Crippen LogP contribution < -0.4 is 10.1 Å². The van der Waals surface area contributed by atoms with E-state index in [4.69, 9.17) is 21.4 Å². The van der Waals surface area contributed by atoms with Gasteiger partial charge in [-0.15, -0.1) is 0 Å². The molecule has 4 nitrogen and oxygen atoms in total. The number of ether oxygens (including phenoxy) is 1. The quantitative estimate of drug-likeness (QED) is 0.835.